The fourth-order valence-corrected chi connectivity index (χ4v) is 0.996. The van der Waals surface area contributed by atoms with E-state index in [1.807, 2.05) is 6.07 Å². The number of nitriles is 1. The number of hydrogen-bond acceptors (Lipinski definition) is 5. The average Bonchev–Trinajstić information content (AvgIpc) is 2.25. The van der Waals surface area contributed by atoms with Crippen LogP contribution >= 0.6 is 0 Å². The average molecular weight is 192 g/mol. The number of aliphatic hydroxyl groups is 1. The molecule has 5 heteroatoms. The van der Waals surface area contributed by atoms with Gasteiger partial charge in [0.15, 0.2) is 5.82 Å². The smallest absolute Gasteiger partial charge is 0.166 e. The summed E-state index contributed by atoms with van der Waals surface area (Å²) in [6.45, 7) is 0.876. The van der Waals surface area contributed by atoms with Gasteiger partial charge in [-0.25, -0.2) is 0 Å². The summed E-state index contributed by atoms with van der Waals surface area (Å²) < 4.78 is 0. The highest BCUT2D eigenvalue weighted by molar-refractivity contribution is 5.49. The number of rotatable bonds is 5. The van der Waals surface area contributed by atoms with Gasteiger partial charge in [0, 0.05) is 13.2 Å². The Balaban J connectivity index is 2.46. The van der Waals surface area contributed by atoms with E-state index in [2.05, 4.69) is 15.5 Å². The molecule has 1 rings (SSSR count). The van der Waals surface area contributed by atoms with Crippen molar-refractivity contribution >= 4 is 5.82 Å². The second kappa shape index (κ2) is 5.89. The van der Waals surface area contributed by atoms with Gasteiger partial charge in [0.1, 0.15) is 6.07 Å². The lowest BCUT2D eigenvalue weighted by atomic mass is 10.3. The Hall–Kier alpha value is -1.67. The van der Waals surface area contributed by atoms with Crippen LogP contribution in [0.15, 0.2) is 12.3 Å². The second-order valence-corrected chi connectivity index (χ2v) is 2.76. The maximum atomic E-state index is 8.72. The van der Waals surface area contributed by atoms with Gasteiger partial charge in [-0.1, -0.05) is 0 Å². The van der Waals surface area contributed by atoms with Gasteiger partial charge in [0.2, 0.25) is 0 Å². The zero-order valence-corrected chi connectivity index (χ0v) is 7.77. The van der Waals surface area contributed by atoms with Crippen LogP contribution < -0.4 is 5.32 Å². The fraction of sp³-hybridized carbons (Fsp3) is 0.444. The molecule has 1 aromatic rings. The van der Waals surface area contributed by atoms with Gasteiger partial charge in [-0.05, 0) is 18.9 Å². The Bertz CT molecular complexity index is 321. The van der Waals surface area contributed by atoms with Crippen molar-refractivity contribution in [3.63, 3.8) is 0 Å². The fourth-order valence-electron chi connectivity index (χ4n) is 0.996. The first-order valence-electron chi connectivity index (χ1n) is 4.45. The third-order valence-corrected chi connectivity index (χ3v) is 1.72. The molecule has 0 aliphatic carbocycles. The van der Waals surface area contributed by atoms with E-state index in [1.54, 1.807) is 6.07 Å². The molecular weight excluding hydrogens is 180 g/mol. The monoisotopic (exact) mass is 192 g/mol. The molecule has 0 fully saturated rings. The Morgan fingerprint density at radius 3 is 3.07 bits per heavy atom. The van der Waals surface area contributed by atoms with Crippen molar-refractivity contribution < 1.29 is 5.11 Å². The molecule has 0 unspecified atom stereocenters. The van der Waals surface area contributed by atoms with Crippen LogP contribution in [0.2, 0.25) is 0 Å². The summed E-state index contributed by atoms with van der Waals surface area (Å²) in [6.07, 6.45) is 3.07. The van der Waals surface area contributed by atoms with Crippen LogP contribution in [-0.4, -0.2) is 28.5 Å². The Labute approximate surface area is 82.4 Å². The number of hydrogen-bond donors (Lipinski definition) is 2. The predicted molar refractivity (Wildman–Crippen MR) is 51.6 cm³/mol. The SMILES string of the molecule is N#Cc1ccnnc1NCCCCO. The lowest BCUT2D eigenvalue weighted by molar-refractivity contribution is 0.286. The number of unbranched alkanes of at least 4 members (excludes halogenated alkanes) is 1. The third-order valence-electron chi connectivity index (χ3n) is 1.72. The van der Waals surface area contributed by atoms with E-state index in [1.165, 1.54) is 6.20 Å². The molecule has 0 spiro atoms. The van der Waals surface area contributed by atoms with E-state index in [-0.39, 0.29) is 6.61 Å². The molecular formula is C9H12N4O. The summed E-state index contributed by atoms with van der Waals surface area (Å²) in [7, 11) is 0. The Morgan fingerprint density at radius 1 is 1.50 bits per heavy atom. The summed E-state index contributed by atoms with van der Waals surface area (Å²) in [5, 5.41) is 27.8. The van der Waals surface area contributed by atoms with Gasteiger partial charge in [-0.2, -0.15) is 10.4 Å². The van der Waals surface area contributed by atoms with Gasteiger partial charge >= 0.3 is 0 Å². The predicted octanol–water partition coefficient (Wildman–Crippen LogP) is 0.533. The summed E-state index contributed by atoms with van der Waals surface area (Å²) in [5.41, 5.74) is 0.490. The second-order valence-electron chi connectivity index (χ2n) is 2.76. The van der Waals surface area contributed by atoms with E-state index < -0.39 is 0 Å². The Morgan fingerprint density at radius 2 is 2.36 bits per heavy atom. The minimum absolute atomic E-state index is 0.188. The molecule has 0 radical (unpaired) electrons. The van der Waals surface area contributed by atoms with Crippen molar-refractivity contribution in [2.75, 3.05) is 18.5 Å². The molecule has 0 aliphatic heterocycles. The largest absolute Gasteiger partial charge is 0.396 e. The molecule has 1 aromatic heterocycles. The van der Waals surface area contributed by atoms with Crippen molar-refractivity contribution in [2.24, 2.45) is 0 Å². The number of aliphatic hydroxyl groups excluding tert-OH is 1. The Kier molecular flexibility index (Phi) is 4.38. The van der Waals surface area contributed by atoms with E-state index in [0.717, 1.165) is 12.8 Å². The van der Waals surface area contributed by atoms with Gasteiger partial charge in [-0.15, -0.1) is 5.10 Å². The first-order valence-corrected chi connectivity index (χ1v) is 4.45. The number of nitrogens with zero attached hydrogens (tertiary/aromatic N) is 3. The molecule has 0 amide bonds. The molecule has 74 valence electrons. The molecule has 1 heterocycles. The van der Waals surface area contributed by atoms with Crippen molar-refractivity contribution in [1.29, 1.82) is 5.26 Å². The van der Waals surface area contributed by atoms with Crippen LogP contribution in [0.4, 0.5) is 5.82 Å². The molecule has 0 saturated carbocycles. The van der Waals surface area contributed by atoms with Gasteiger partial charge in [0.25, 0.3) is 0 Å². The lowest BCUT2D eigenvalue weighted by Gasteiger charge is -2.04. The van der Waals surface area contributed by atoms with Crippen molar-refractivity contribution in [2.45, 2.75) is 12.8 Å². The molecule has 0 atom stereocenters. The van der Waals surface area contributed by atoms with Gasteiger partial charge in [-0.3, -0.25) is 0 Å². The number of anilines is 1. The first-order chi connectivity index (χ1) is 6.88. The topological polar surface area (TPSA) is 81.8 Å². The van der Waals surface area contributed by atoms with E-state index in [0.29, 0.717) is 17.9 Å². The summed E-state index contributed by atoms with van der Waals surface area (Å²) in [5.74, 6) is 0.507. The van der Waals surface area contributed by atoms with E-state index in [4.69, 9.17) is 10.4 Å². The summed E-state index contributed by atoms with van der Waals surface area (Å²) in [4.78, 5) is 0. The molecule has 5 nitrogen and oxygen atoms in total. The van der Waals surface area contributed by atoms with Gasteiger partial charge in [0.05, 0.1) is 11.8 Å². The van der Waals surface area contributed by atoms with Crippen LogP contribution in [0.25, 0.3) is 0 Å². The van der Waals surface area contributed by atoms with Crippen LogP contribution in [0.1, 0.15) is 18.4 Å². The zero-order valence-electron chi connectivity index (χ0n) is 7.77. The zero-order chi connectivity index (χ0) is 10.2. The molecule has 0 aliphatic rings. The van der Waals surface area contributed by atoms with Crippen molar-refractivity contribution in [3.8, 4) is 6.07 Å². The molecule has 14 heavy (non-hydrogen) atoms. The lowest BCUT2D eigenvalue weighted by Crippen LogP contribution is -2.06. The normalized spacial score (nSPS) is 9.43. The quantitative estimate of drug-likeness (QED) is 0.665. The molecule has 0 aromatic carbocycles. The highest BCUT2D eigenvalue weighted by Crippen LogP contribution is 2.07. The van der Waals surface area contributed by atoms with Crippen molar-refractivity contribution in [3.05, 3.63) is 17.8 Å². The minimum atomic E-state index is 0.188. The van der Waals surface area contributed by atoms with E-state index >= 15 is 0 Å². The standard InChI is InChI=1S/C9H12N4O/c10-7-8-3-5-12-13-9(8)11-4-1-2-6-14/h3,5,14H,1-2,4,6H2,(H,11,13). The first kappa shape index (κ1) is 10.4. The number of aromatic nitrogens is 2. The van der Waals surface area contributed by atoms with Gasteiger partial charge < -0.3 is 10.4 Å². The molecule has 0 saturated heterocycles. The van der Waals surface area contributed by atoms with Crippen LogP contribution in [-0.2, 0) is 0 Å². The number of nitrogens with one attached hydrogen (secondary N) is 1. The molecule has 0 bridgehead atoms. The van der Waals surface area contributed by atoms with E-state index in [9.17, 15) is 0 Å². The van der Waals surface area contributed by atoms with Crippen molar-refractivity contribution in [1.82, 2.24) is 10.2 Å². The minimum Gasteiger partial charge on any atom is -0.396 e. The van der Waals surface area contributed by atoms with Crippen LogP contribution in [0.3, 0.4) is 0 Å². The maximum absolute atomic E-state index is 8.72. The summed E-state index contributed by atoms with van der Waals surface area (Å²) >= 11 is 0. The summed E-state index contributed by atoms with van der Waals surface area (Å²) in [6, 6.07) is 3.63. The van der Waals surface area contributed by atoms with Crippen LogP contribution in [0, 0.1) is 11.3 Å². The van der Waals surface area contributed by atoms with Crippen LogP contribution in [0.5, 0.6) is 0 Å². The molecule has 2 N–H and O–H groups in total. The highest BCUT2D eigenvalue weighted by Gasteiger charge is 2.01. The maximum Gasteiger partial charge on any atom is 0.166 e. The highest BCUT2D eigenvalue weighted by atomic mass is 16.2. The third kappa shape index (κ3) is 2.99.